The Morgan fingerprint density at radius 1 is 1.00 bits per heavy atom. The summed E-state index contributed by atoms with van der Waals surface area (Å²) in [6.45, 7) is 0. The monoisotopic (exact) mass is 284 g/mol. The van der Waals surface area contributed by atoms with Crippen LogP contribution in [-0.2, 0) is 0 Å². The highest BCUT2D eigenvalue weighted by atomic mass is 35.5. The van der Waals surface area contributed by atoms with Gasteiger partial charge in [0.05, 0.1) is 10.5 Å². The number of halogens is 1. The van der Waals surface area contributed by atoms with Crippen molar-refractivity contribution in [2.45, 2.75) is 0 Å². The van der Waals surface area contributed by atoms with Crippen LogP contribution in [0.2, 0.25) is 5.02 Å². The molecule has 4 nitrogen and oxygen atoms in total. The first-order valence-electron chi connectivity index (χ1n) is 6.20. The van der Waals surface area contributed by atoms with Gasteiger partial charge in [-0.25, -0.2) is 15.0 Å². The zero-order valence-corrected chi connectivity index (χ0v) is 12.0. The van der Waals surface area contributed by atoms with E-state index in [0.717, 1.165) is 22.3 Å². The van der Waals surface area contributed by atoms with Crippen molar-refractivity contribution in [1.29, 1.82) is 0 Å². The lowest BCUT2D eigenvalue weighted by Crippen LogP contribution is -2.10. The topological polar surface area (TPSA) is 41.9 Å². The van der Waals surface area contributed by atoms with E-state index < -0.39 is 0 Å². The quantitative estimate of drug-likeness (QED) is 0.723. The van der Waals surface area contributed by atoms with Gasteiger partial charge in [-0.15, -0.1) is 0 Å². The SMILES string of the molecule is CN(C)c1ccc(-c2ncc3cccc(Cl)c3n2)cn1. The van der Waals surface area contributed by atoms with Gasteiger partial charge in [-0.2, -0.15) is 0 Å². The van der Waals surface area contributed by atoms with Crippen LogP contribution in [0.15, 0.2) is 42.7 Å². The summed E-state index contributed by atoms with van der Waals surface area (Å²) in [7, 11) is 3.91. The Bertz CT molecular complexity index is 753. The van der Waals surface area contributed by atoms with Crippen LogP contribution in [0.25, 0.3) is 22.3 Å². The summed E-state index contributed by atoms with van der Waals surface area (Å²) in [5, 5.41) is 1.56. The van der Waals surface area contributed by atoms with Gasteiger partial charge in [0, 0.05) is 37.4 Å². The maximum absolute atomic E-state index is 6.17. The van der Waals surface area contributed by atoms with Crippen LogP contribution in [0.4, 0.5) is 5.82 Å². The summed E-state index contributed by atoms with van der Waals surface area (Å²) in [5.41, 5.74) is 1.63. The molecule has 0 saturated heterocycles. The molecule has 100 valence electrons. The zero-order chi connectivity index (χ0) is 14.1. The molecule has 3 rings (SSSR count). The van der Waals surface area contributed by atoms with E-state index in [-0.39, 0.29) is 0 Å². The number of aromatic nitrogens is 3. The average Bonchev–Trinajstić information content (AvgIpc) is 2.47. The smallest absolute Gasteiger partial charge is 0.161 e. The molecule has 2 aromatic heterocycles. The minimum absolute atomic E-state index is 0.628. The number of para-hydroxylation sites is 1. The number of benzene rings is 1. The molecular formula is C15H13ClN4. The lowest BCUT2D eigenvalue weighted by atomic mass is 10.2. The van der Waals surface area contributed by atoms with Gasteiger partial charge in [-0.3, -0.25) is 0 Å². The molecule has 20 heavy (non-hydrogen) atoms. The molecule has 1 aromatic carbocycles. The van der Waals surface area contributed by atoms with Gasteiger partial charge in [0.1, 0.15) is 5.82 Å². The van der Waals surface area contributed by atoms with Gasteiger partial charge in [0.15, 0.2) is 5.82 Å². The zero-order valence-electron chi connectivity index (χ0n) is 11.2. The molecule has 0 aliphatic carbocycles. The van der Waals surface area contributed by atoms with E-state index in [4.69, 9.17) is 11.6 Å². The molecule has 0 aliphatic rings. The van der Waals surface area contributed by atoms with E-state index >= 15 is 0 Å². The number of fused-ring (bicyclic) bond motifs is 1. The molecule has 0 fully saturated rings. The van der Waals surface area contributed by atoms with Crippen molar-refractivity contribution in [3.05, 3.63) is 47.7 Å². The second-order valence-corrected chi connectivity index (χ2v) is 5.08. The normalized spacial score (nSPS) is 10.8. The Labute approximate surface area is 122 Å². The standard InChI is InChI=1S/C15H13ClN4/c1-20(2)13-7-6-11(9-17-13)15-18-8-10-4-3-5-12(16)14(10)19-15/h3-9H,1-2H3. The van der Waals surface area contributed by atoms with E-state index in [1.165, 1.54) is 0 Å². The van der Waals surface area contributed by atoms with E-state index in [1.807, 2.05) is 49.3 Å². The van der Waals surface area contributed by atoms with Gasteiger partial charge in [0.25, 0.3) is 0 Å². The lowest BCUT2D eigenvalue weighted by molar-refractivity contribution is 1.07. The Balaban J connectivity index is 2.07. The molecule has 5 heteroatoms. The van der Waals surface area contributed by atoms with Gasteiger partial charge in [0.2, 0.25) is 0 Å². The maximum atomic E-state index is 6.17. The predicted octanol–water partition coefficient (Wildman–Crippen LogP) is 3.41. The summed E-state index contributed by atoms with van der Waals surface area (Å²) in [6.07, 6.45) is 3.55. The maximum Gasteiger partial charge on any atom is 0.161 e. The molecular weight excluding hydrogens is 272 g/mol. The van der Waals surface area contributed by atoms with Crippen molar-refractivity contribution in [2.75, 3.05) is 19.0 Å². The van der Waals surface area contributed by atoms with Crippen molar-refractivity contribution < 1.29 is 0 Å². The number of rotatable bonds is 2. The second kappa shape index (κ2) is 5.06. The molecule has 0 spiro atoms. The first kappa shape index (κ1) is 12.8. The Hall–Kier alpha value is -2.20. The predicted molar refractivity (Wildman–Crippen MR) is 82.1 cm³/mol. The highest BCUT2D eigenvalue weighted by molar-refractivity contribution is 6.35. The van der Waals surface area contributed by atoms with Crippen LogP contribution in [0.3, 0.4) is 0 Å². The molecule has 0 radical (unpaired) electrons. The molecule has 0 aliphatic heterocycles. The second-order valence-electron chi connectivity index (χ2n) is 4.67. The lowest BCUT2D eigenvalue weighted by Gasteiger charge is -2.11. The molecule has 0 unspecified atom stereocenters. The molecule has 0 bridgehead atoms. The number of nitrogens with zero attached hydrogens (tertiary/aromatic N) is 4. The van der Waals surface area contributed by atoms with Crippen molar-refractivity contribution in [3.8, 4) is 11.4 Å². The summed E-state index contributed by atoms with van der Waals surface area (Å²) in [6, 6.07) is 9.56. The van der Waals surface area contributed by atoms with Gasteiger partial charge >= 0.3 is 0 Å². The first-order valence-corrected chi connectivity index (χ1v) is 6.58. The number of hydrogen-bond acceptors (Lipinski definition) is 4. The van der Waals surface area contributed by atoms with Crippen LogP contribution < -0.4 is 4.90 Å². The average molecular weight is 285 g/mol. The summed E-state index contributed by atoms with van der Waals surface area (Å²) in [4.78, 5) is 15.2. The molecule has 2 heterocycles. The molecule has 3 aromatic rings. The van der Waals surface area contributed by atoms with Crippen LogP contribution in [0, 0.1) is 0 Å². The van der Waals surface area contributed by atoms with Crippen LogP contribution in [-0.4, -0.2) is 29.0 Å². The largest absolute Gasteiger partial charge is 0.363 e. The van der Waals surface area contributed by atoms with Crippen molar-refractivity contribution in [3.63, 3.8) is 0 Å². The fourth-order valence-electron chi connectivity index (χ4n) is 1.94. The van der Waals surface area contributed by atoms with Crippen LogP contribution in [0.1, 0.15) is 0 Å². The molecule has 0 atom stereocenters. The van der Waals surface area contributed by atoms with E-state index in [9.17, 15) is 0 Å². The van der Waals surface area contributed by atoms with E-state index in [1.54, 1.807) is 12.4 Å². The van der Waals surface area contributed by atoms with E-state index in [2.05, 4.69) is 15.0 Å². The molecule has 0 amide bonds. The number of pyridine rings is 1. The first-order chi connectivity index (χ1) is 9.65. The van der Waals surface area contributed by atoms with Crippen LogP contribution in [0.5, 0.6) is 0 Å². The minimum Gasteiger partial charge on any atom is -0.363 e. The summed E-state index contributed by atoms with van der Waals surface area (Å²) in [5.74, 6) is 1.52. The van der Waals surface area contributed by atoms with Crippen LogP contribution >= 0.6 is 11.6 Å². The molecule has 0 saturated carbocycles. The fourth-order valence-corrected chi connectivity index (χ4v) is 2.17. The third-order valence-corrected chi connectivity index (χ3v) is 3.33. The van der Waals surface area contributed by atoms with Gasteiger partial charge in [-0.05, 0) is 18.2 Å². The fraction of sp³-hybridized carbons (Fsp3) is 0.133. The van der Waals surface area contributed by atoms with E-state index in [0.29, 0.717) is 10.8 Å². The third-order valence-electron chi connectivity index (χ3n) is 3.03. The highest BCUT2D eigenvalue weighted by Crippen LogP contribution is 2.24. The van der Waals surface area contributed by atoms with Crippen molar-refractivity contribution in [1.82, 2.24) is 15.0 Å². The Morgan fingerprint density at radius 2 is 1.85 bits per heavy atom. The van der Waals surface area contributed by atoms with Crippen molar-refractivity contribution >= 4 is 28.3 Å². The minimum atomic E-state index is 0.628. The Morgan fingerprint density at radius 3 is 2.55 bits per heavy atom. The number of anilines is 1. The van der Waals surface area contributed by atoms with Gasteiger partial charge in [-0.1, -0.05) is 23.7 Å². The summed E-state index contributed by atoms with van der Waals surface area (Å²) < 4.78 is 0. The molecule has 0 N–H and O–H groups in total. The number of hydrogen-bond donors (Lipinski definition) is 0. The van der Waals surface area contributed by atoms with Crippen molar-refractivity contribution in [2.24, 2.45) is 0 Å². The highest BCUT2D eigenvalue weighted by Gasteiger charge is 2.06. The summed E-state index contributed by atoms with van der Waals surface area (Å²) >= 11 is 6.17. The third kappa shape index (κ3) is 2.30. The Kier molecular flexibility index (Phi) is 3.24. The van der Waals surface area contributed by atoms with Gasteiger partial charge < -0.3 is 4.90 Å².